The summed E-state index contributed by atoms with van der Waals surface area (Å²) in [6.45, 7) is 9.68. The molecule has 0 atom stereocenters. The van der Waals surface area contributed by atoms with Crippen LogP contribution in [0.5, 0.6) is 0 Å². The Morgan fingerprint density at radius 1 is 1.23 bits per heavy atom. The number of aryl methyl sites for hydroxylation is 3. The third-order valence-corrected chi connectivity index (χ3v) is 3.84. The minimum atomic E-state index is 0. The van der Waals surface area contributed by atoms with Gasteiger partial charge in [-0.1, -0.05) is 5.16 Å². The van der Waals surface area contributed by atoms with Crippen LogP contribution >= 0.6 is 35.3 Å². The number of halogens is 1. The Kier molecular flexibility index (Phi) is 7.73. The number of nitrogens with zero attached hydrogens (tertiary/aromatic N) is 4. The number of hydrogen-bond acceptors (Lipinski definition) is 6. The van der Waals surface area contributed by atoms with Gasteiger partial charge in [-0.15, -0.1) is 35.3 Å². The molecule has 9 heteroatoms. The summed E-state index contributed by atoms with van der Waals surface area (Å²) in [6, 6.07) is 0. The molecule has 0 aliphatic carbocycles. The summed E-state index contributed by atoms with van der Waals surface area (Å²) in [4.78, 5) is 14.3. The predicted octanol–water partition coefficient (Wildman–Crippen LogP) is 2.32. The van der Waals surface area contributed by atoms with Crippen molar-refractivity contribution >= 4 is 41.3 Å². The molecule has 2 heterocycles. The van der Waals surface area contributed by atoms with E-state index in [1.54, 1.807) is 18.3 Å². The fourth-order valence-corrected chi connectivity index (χ4v) is 2.54. The van der Waals surface area contributed by atoms with Gasteiger partial charge in [0, 0.05) is 11.4 Å². The Balaban J connectivity index is 0.00000242. The highest BCUT2D eigenvalue weighted by molar-refractivity contribution is 14.0. The van der Waals surface area contributed by atoms with Gasteiger partial charge in [-0.3, -0.25) is 0 Å². The van der Waals surface area contributed by atoms with Crippen LogP contribution in [0, 0.1) is 20.8 Å². The van der Waals surface area contributed by atoms with Gasteiger partial charge in [0.1, 0.15) is 11.6 Å². The van der Waals surface area contributed by atoms with Crippen LogP contribution in [0.1, 0.15) is 34.2 Å². The third kappa shape index (κ3) is 5.52. The third-order valence-electron chi connectivity index (χ3n) is 2.77. The molecule has 0 aliphatic rings. The van der Waals surface area contributed by atoms with Crippen molar-refractivity contribution in [1.29, 1.82) is 0 Å². The minimum Gasteiger partial charge on any atom is -0.357 e. The first-order valence-electron chi connectivity index (χ1n) is 6.82. The normalized spacial score (nSPS) is 11.2. The molecule has 0 fully saturated rings. The zero-order chi connectivity index (χ0) is 15.2. The number of thiazole rings is 1. The Morgan fingerprint density at radius 3 is 2.55 bits per heavy atom. The maximum Gasteiger partial charge on any atom is 0.248 e. The number of aliphatic imine (C=N–C) groups is 1. The van der Waals surface area contributed by atoms with E-state index in [0.717, 1.165) is 17.2 Å². The fraction of sp³-hybridized carbons (Fsp3) is 0.538. The van der Waals surface area contributed by atoms with Crippen LogP contribution in [0.3, 0.4) is 0 Å². The molecule has 0 amide bonds. The standard InChI is InChI=1S/C13H20N6OS.HI/c1-5-14-13(15-6-11-18-10(4)19-20-11)16-7-12-17-8(2)9(3)21-12;/h5-7H2,1-4H3,(H2,14,15,16);1H. The quantitative estimate of drug-likeness (QED) is 0.425. The molecule has 0 saturated carbocycles. The van der Waals surface area contributed by atoms with Gasteiger partial charge < -0.3 is 15.2 Å². The fourth-order valence-electron chi connectivity index (χ4n) is 1.67. The molecule has 2 aromatic rings. The summed E-state index contributed by atoms with van der Waals surface area (Å²) in [6.07, 6.45) is 0. The molecule has 2 N–H and O–H groups in total. The van der Waals surface area contributed by atoms with Crippen molar-refractivity contribution in [3.8, 4) is 0 Å². The van der Waals surface area contributed by atoms with E-state index in [-0.39, 0.29) is 24.0 Å². The molecule has 0 unspecified atom stereocenters. The van der Waals surface area contributed by atoms with Crippen LogP contribution in [0.4, 0.5) is 0 Å². The molecule has 122 valence electrons. The van der Waals surface area contributed by atoms with Crippen LogP contribution < -0.4 is 10.6 Å². The van der Waals surface area contributed by atoms with Crippen LogP contribution in [-0.4, -0.2) is 27.6 Å². The summed E-state index contributed by atoms with van der Waals surface area (Å²) in [5, 5.41) is 11.2. The van der Waals surface area contributed by atoms with Crippen molar-refractivity contribution < 1.29 is 4.52 Å². The molecule has 0 radical (unpaired) electrons. The highest BCUT2D eigenvalue weighted by atomic mass is 127. The lowest BCUT2D eigenvalue weighted by molar-refractivity contribution is 0.376. The number of hydrogen-bond donors (Lipinski definition) is 2. The molecule has 22 heavy (non-hydrogen) atoms. The molecule has 0 aliphatic heterocycles. The maximum absolute atomic E-state index is 5.04. The second-order valence-electron chi connectivity index (χ2n) is 4.53. The first kappa shape index (κ1) is 18.8. The molecule has 7 nitrogen and oxygen atoms in total. The largest absolute Gasteiger partial charge is 0.357 e. The highest BCUT2D eigenvalue weighted by Gasteiger charge is 2.06. The maximum atomic E-state index is 5.04. The summed E-state index contributed by atoms with van der Waals surface area (Å²) >= 11 is 1.69. The number of nitrogens with one attached hydrogen (secondary N) is 2. The first-order valence-corrected chi connectivity index (χ1v) is 7.64. The van der Waals surface area contributed by atoms with Crippen LogP contribution in [-0.2, 0) is 13.1 Å². The zero-order valence-electron chi connectivity index (χ0n) is 13.1. The van der Waals surface area contributed by atoms with Gasteiger partial charge in [0.05, 0.1) is 12.2 Å². The summed E-state index contributed by atoms with van der Waals surface area (Å²) in [7, 11) is 0. The lowest BCUT2D eigenvalue weighted by Crippen LogP contribution is -2.36. The van der Waals surface area contributed by atoms with Crippen molar-refractivity contribution in [3.63, 3.8) is 0 Å². The van der Waals surface area contributed by atoms with Gasteiger partial charge in [0.25, 0.3) is 0 Å². The summed E-state index contributed by atoms with van der Waals surface area (Å²) in [5.74, 6) is 1.83. The zero-order valence-corrected chi connectivity index (χ0v) is 16.3. The topological polar surface area (TPSA) is 88.2 Å². The lowest BCUT2D eigenvalue weighted by atomic mass is 10.4. The first-order chi connectivity index (χ1) is 10.1. The second-order valence-corrected chi connectivity index (χ2v) is 5.82. The Labute approximate surface area is 151 Å². The summed E-state index contributed by atoms with van der Waals surface area (Å²) < 4.78 is 5.04. The number of aromatic nitrogens is 3. The van der Waals surface area contributed by atoms with Crippen molar-refractivity contribution in [1.82, 2.24) is 25.8 Å². The molecular formula is C13H21IN6OS. The SMILES string of the molecule is CCNC(=NCc1nc(C)no1)NCc1nc(C)c(C)s1.I. The average molecular weight is 436 g/mol. The van der Waals surface area contributed by atoms with E-state index in [1.165, 1.54) is 4.88 Å². The Bertz CT molecular complexity index is 604. The molecule has 2 rings (SSSR count). The molecule has 0 bridgehead atoms. The average Bonchev–Trinajstić information content (AvgIpc) is 3.00. The Morgan fingerprint density at radius 2 is 2.00 bits per heavy atom. The molecular weight excluding hydrogens is 415 g/mol. The van der Waals surface area contributed by atoms with Gasteiger partial charge in [-0.2, -0.15) is 4.98 Å². The second kappa shape index (κ2) is 9.03. The van der Waals surface area contributed by atoms with Crippen molar-refractivity contribution in [2.45, 2.75) is 40.8 Å². The minimum absolute atomic E-state index is 0. The lowest BCUT2D eigenvalue weighted by Gasteiger charge is -2.09. The monoisotopic (exact) mass is 436 g/mol. The van der Waals surface area contributed by atoms with Gasteiger partial charge in [-0.05, 0) is 27.7 Å². The van der Waals surface area contributed by atoms with Crippen LogP contribution in [0.2, 0.25) is 0 Å². The van der Waals surface area contributed by atoms with E-state index >= 15 is 0 Å². The van der Waals surface area contributed by atoms with Crippen molar-refractivity contribution in [2.24, 2.45) is 4.99 Å². The van der Waals surface area contributed by atoms with Gasteiger partial charge in [0.2, 0.25) is 5.89 Å². The van der Waals surface area contributed by atoms with Crippen molar-refractivity contribution in [2.75, 3.05) is 6.54 Å². The van der Waals surface area contributed by atoms with E-state index in [9.17, 15) is 0 Å². The van der Waals surface area contributed by atoms with Crippen molar-refractivity contribution in [3.05, 3.63) is 27.3 Å². The Hall–Kier alpha value is -1.23. The molecule has 0 aromatic carbocycles. The van der Waals surface area contributed by atoms with E-state index in [1.807, 2.05) is 13.8 Å². The van der Waals surface area contributed by atoms with Gasteiger partial charge in [0.15, 0.2) is 11.8 Å². The molecule has 2 aromatic heterocycles. The highest BCUT2D eigenvalue weighted by Crippen LogP contribution is 2.15. The number of rotatable bonds is 5. The molecule has 0 spiro atoms. The van der Waals surface area contributed by atoms with E-state index in [2.05, 4.69) is 37.7 Å². The van der Waals surface area contributed by atoms with E-state index < -0.39 is 0 Å². The van der Waals surface area contributed by atoms with Gasteiger partial charge in [-0.25, -0.2) is 9.98 Å². The molecule has 0 saturated heterocycles. The van der Waals surface area contributed by atoms with Crippen LogP contribution in [0.25, 0.3) is 0 Å². The summed E-state index contributed by atoms with van der Waals surface area (Å²) in [5.41, 5.74) is 1.08. The van der Waals surface area contributed by atoms with E-state index in [0.29, 0.717) is 30.8 Å². The smallest absolute Gasteiger partial charge is 0.248 e. The number of guanidine groups is 1. The predicted molar refractivity (Wildman–Crippen MR) is 97.7 cm³/mol. The van der Waals surface area contributed by atoms with Gasteiger partial charge >= 0.3 is 0 Å². The van der Waals surface area contributed by atoms with E-state index in [4.69, 9.17) is 4.52 Å². The van der Waals surface area contributed by atoms with Crippen LogP contribution in [0.15, 0.2) is 9.52 Å².